The van der Waals surface area contributed by atoms with Gasteiger partial charge in [0.15, 0.2) is 0 Å². The van der Waals surface area contributed by atoms with E-state index in [1.54, 1.807) is 0 Å². The maximum Gasteiger partial charge on any atom is 0.313 e. The van der Waals surface area contributed by atoms with Crippen LogP contribution >= 0.6 is 0 Å². The summed E-state index contributed by atoms with van der Waals surface area (Å²) in [5.41, 5.74) is 7.38. The second kappa shape index (κ2) is 7.75. The molecule has 0 amide bonds. The molecule has 3 nitrogen and oxygen atoms in total. The van der Waals surface area contributed by atoms with Crippen molar-refractivity contribution in [1.82, 2.24) is 0 Å². The molecule has 1 atom stereocenters. The van der Waals surface area contributed by atoms with E-state index in [1.165, 1.54) is 0 Å². The zero-order chi connectivity index (χ0) is 13.4. The van der Waals surface area contributed by atoms with Gasteiger partial charge in [-0.1, -0.05) is 38.3 Å². The van der Waals surface area contributed by atoms with Crippen LogP contribution in [-0.2, 0) is 9.53 Å². The van der Waals surface area contributed by atoms with E-state index in [-0.39, 0.29) is 11.9 Å². The van der Waals surface area contributed by atoms with Crippen LogP contribution in [0.4, 0.5) is 5.69 Å². The molecule has 0 unspecified atom stereocenters. The molecule has 3 heteroatoms. The fraction of sp³-hybridized carbons (Fsp3) is 0.533. The quantitative estimate of drug-likeness (QED) is 0.457. The zero-order valence-electron chi connectivity index (χ0n) is 11.3. The number of unbranched alkanes of at least 4 members (excludes halogenated alkanes) is 2. The molecule has 2 N–H and O–H groups in total. The third-order valence-electron chi connectivity index (χ3n) is 3.01. The predicted octanol–water partition coefficient (Wildman–Crippen LogP) is 3.50. The summed E-state index contributed by atoms with van der Waals surface area (Å²) in [4.78, 5) is 12.0. The first kappa shape index (κ1) is 14.6. The highest BCUT2D eigenvalue weighted by molar-refractivity contribution is 5.78. The number of hydrogen-bond donors (Lipinski definition) is 1. The van der Waals surface area contributed by atoms with Crippen molar-refractivity contribution in [3.63, 3.8) is 0 Å². The van der Waals surface area contributed by atoms with E-state index in [0.717, 1.165) is 36.9 Å². The summed E-state index contributed by atoms with van der Waals surface area (Å²) in [6.07, 6.45) is 4.18. The smallest absolute Gasteiger partial charge is 0.313 e. The van der Waals surface area contributed by atoms with Gasteiger partial charge in [-0.25, -0.2) is 0 Å². The van der Waals surface area contributed by atoms with Gasteiger partial charge >= 0.3 is 5.97 Å². The molecule has 1 aromatic rings. The number of carbonyl (C=O) groups excluding carboxylic acids is 1. The summed E-state index contributed by atoms with van der Waals surface area (Å²) >= 11 is 0. The van der Waals surface area contributed by atoms with Crippen molar-refractivity contribution >= 4 is 11.7 Å². The summed E-state index contributed by atoms with van der Waals surface area (Å²) in [6, 6.07) is 7.51. The molecular weight excluding hydrogens is 226 g/mol. The molecule has 0 heterocycles. The Hall–Kier alpha value is -1.51. The Balaban J connectivity index is 2.75. The Morgan fingerprint density at radius 1 is 1.22 bits per heavy atom. The van der Waals surface area contributed by atoms with E-state index in [0.29, 0.717) is 6.61 Å². The number of nitrogen functional groups attached to an aromatic ring is 1. The lowest BCUT2D eigenvalue weighted by Gasteiger charge is -2.16. The average Bonchev–Trinajstić information content (AvgIpc) is 2.36. The number of carbonyl (C=O) groups is 1. The molecule has 0 aliphatic rings. The Bertz CT molecular complexity index is 359. The Morgan fingerprint density at radius 3 is 2.44 bits per heavy atom. The molecule has 1 aromatic carbocycles. The van der Waals surface area contributed by atoms with Crippen molar-refractivity contribution in [2.75, 3.05) is 12.3 Å². The first-order chi connectivity index (χ1) is 8.69. The van der Waals surface area contributed by atoms with Crippen LogP contribution < -0.4 is 5.73 Å². The third-order valence-corrected chi connectivity index (χ3v) is 3.01. The standard InChI is InChI=1S/C15H23NO2/c1-3-5-6-7-14(15(17)18-4-2)12-8-10-13(16)11-9-12/h8-11,14H,3-7,16H2,1-2H3/t14-/m0/s1. The van der Waals surface area contributed by atoms with E-state index >= 15 is 0 Å². The van der Waals surface area contributed by atoms with Crippen LogP contribution in [0.5, 0.6) is 0 Å². The molecule has 0 bridgehead atoms. The maximum atomic E-state index is 12.0. The molecule has 100 valence electrons. The second-order valence-corrected chi connectivity index (χ2v) is 4.47. The largest absolute Gasteiger partial charge is 0.466 e. The Labute approximate surface area is 109 Å². The minimum absolute atomic E-state index is 0.127. The highest BCUT2D eigenvalue weighted by atomic mass is 16.5. The minimum atomic E-state index is -0.155. The third kappa shape index (κ3) is 4.40. The molecule has 0 radical (unpaired) electrons. The van der Waals surface area contributed by atoms with Crippen LogP contribution in [0.2, 0.25) is 0 Å². The number of hydrogen-bond acceptors (Lipinski definition) is 3. The van der Waals surface area contributed by atoms with Gasteiger partial charge in [-0.2, -0.15) is 0 Å². The molecule has 0 saturated heterocycles. The summed E-state index contributed by atoms with van der Waals surface area (Å²) < 4.78 is 5.15. The van der Waals surface area contributed by atoms with Crippen molar-refractivity contribution in [2.45, 2.75) is 45.4 Å². The van der Waals surface area contributed by atoms with Gasteiger partial charge in [0.05, 0.1) is 12.5 Å². The first-order valence-corrected chi connectivity index (χ1v) is 6.71. The lowest BCUT2D eigenvalue weighted by atomic mass is 9.93. The molecule has 1 rings (SSSR count). The van der Waals surface area contributed by atoms with Crippen LogP contribution in [0.15, 0.2) is 24.3 Å². The lowest BCUT2D eigenvalue weighted by molar-refractivity contribution is -0.145. The lowest BCUT2D eigenvalue weighted by Crippen LogP contribution is -2.16. The first-order valence-electron chi connectivity index (χ1n) is 6.71. The second-order valence-electron chi connectivity index (χ2n) is 4.47. The van der Waals surface area contributed by atoms with E-state index in [9.17, 15) is 4.79 Å². The highest BCUT2D eigenvalue weighted by Crippen LogP contribution is 2.25. The SMILES string of the molecule is CCCCC[C@H](C(=O)OCC)c1ccc(N)cc1. The number of esters is 1. The topological polar surface area (TPSA) is 52.3 Å². The fourth-order valence-electron chi connectivity index (χ4n) is 1.99. The van der Waals surface area contributed by atoms with Gasteiger partial charge in [0.1, 0.15) is 0 Å². The highest BCUT2D eigenvalue weighted by Gasteiger charge is 2.21. The van der Waals surface area contributed by atoms with Crippen LogP contribution in [0.3, 0.4) is 0 Å². The van der Waals surface area contributed by atoms with E-state index in [1.807, 2.05) is 31.2 Å². The monoisotopic (exact) mass is 249 g/mol. The summed E-state index contributed by atoms with van der Waals surface area (Å²) in [7, 11) is 0. The molecule has 18 heavy (non-hydrogen) atoms. The van der Waals surface area contributed by atoms with Crippen molar-refractivity contribution < 1.29 is 9.53 Å². The van der Waals surface area contributed by atoms with Gasteiger partial charge in [0.2, 0.25) is 0 Å². The van der Waals surface area contributed by atoms with Crippen molar-refractivity contribution in [3.8, 4) is 0 Å². The summed E-state index contributed by atoms with van der Waals surface area (Å²) in [6.45, 7) is 4.42. The number of ether oxygens (including phenoxy) is 1. The number of anilines is 1. The number of nitrogens with two attached hydrogens (primary N) is 1. The van der Waals surface area contributed by atoms with Crippen molar-refractivity contribution in [1.29, 1.82) is 0 Å². The number of benzene rings is 1. The van der Waals surface area contributed by atoms with Crippen LogP contribution in [0, 0.1) is 0 Å². The Morgan fingerprint density at radius 2 is 1.89 bits per heavy atom. The van der Waals surface area contributed by atoms with Gasteiger partial charge in [-0.3, -0.25) is 4.79 Å². The van der Waals surface area contributed by atoms with E-state index in [2.05, 4.69) is 6.92 Å². The van der Waals surface area contributed by atoms with Gasteiger partial charge < -0.3 is 10.5 Å². The van der Waals surface area contributed by atoms with Gasteiger partial charge in [-0.05, 0) is 31.0 Å². The molecule has 0 aliphatic heterocycles. The van der Waals surface area contributed by atoms with Gasteiger partial charge in [-0.15, -0.1) is 0 Å². The average molecular weight is 249 g/mol. The van der Waals surface area contributed by atoms with Crippen LogP contribution in [0.1, 0.15) is 51.0 Å². The normalized spacial score (nSPS) is 12.1. The van der Waals surface area contributed by atoms with Crippen LogP contribution in [-0.4, -0.2) is 12.6 Å². The summed E-state index contributed by atoms with van der Waals surface area (Å²) in [5.74, 6) is -0.282. The molecule has 0 aliphatic carbocycles. The predicted molar refractivity (Wildman–Crippen MR) is 74.4 cm³/mol. The van der Waals surface area contributed by atoms with Gasteiger partial charge in [0.25, 0.3) is 0 Å². The Kier molecular flexibility index (Phi) is 6.26. The maximum absolute atomic E-state index is 12.0. The van der Waals surface area contributed by atoms with Crippen molar-refractivity contribution in [2.24, 2.45) is 0 Å². The van der Waals surface area contributed by atoms with Crippen molar-refractivity contribution in [3.05, 3.63) is 29.8 Å². The summed E-state index contributed by atoms with van der Waals surface area (Å²) in [5, 5.41) is 0. The molecule has 0 fully saturated rings. The molecule has 0 aromatic heterocycles. The van der Waals surface area contributed by atoms with E-state index in [4.69, 9.17) is 10.5 Å². The molecule has 0 spiro atoms. The molecule has 0 saturated carbocycles. The number of rotatable bonds is 7. The van der Waals surface area contributed by atoms with Gasteiger partial charge in [0, 0.05) is 5.69 Å². The fourth-order valence-corrected chi connectivity index (χ4v) is 1.99. The molecular formula is C15H23NO2. The zero-order valence-corrected chi connectivity index (χ0v) is 11.3. The van der Waals surface area contributed by atoms with Crippen LogP contribution in [0.25, 0.3) is 0 Å². The minimum Gasteiger partial charge on any atom is -0.466 e. The van der Waals surface area contributed by atoms with E-state index < -0.39 is 0 Å².